The van der Waals surface area contributed by atoms with Crippen LogP contribution in [0, 0.1) is 0 Å². The molecule has 0 saturated heterocycles. The number of likely N-dealkylation sites (N-methyl/N-ethyl adjacent to an activating group) is 1. The van der Waals surface area contributed by atoms with Gasteiger partial charge in [-0.2, -0.15) is 0 Å². The zero-order valence-corrected chi connectivity index (χ0v) is 15.3. The molecule has 0 spiro atoms. The minimum Gasteiger partial charge on any atom is -0.457 e. The Morgan fingerprint density at radius 2 is 1.67 bits per heavy atom. The number of carbonyl (C=O) groups excluding carboxylic acids is 1. The van der Waals surface area contributed by atoms with Crippen molar-refractivity contribution in [2.24, 2.45) is 0 Å². The molecule has 136 valence electrons. The summed E-state index contributed by atoms with van der Waals surface area (Å²) in [5, 5.41) is 2.99. The molecule has 3 aromatic rings. The molecule has 27 heavy (non-hydrogen) atoms. The largest absolute Gasteiger partial charge is 0.457 e. The first-order chi connectivity index (χ1) is 13.2. The summed E-state index contributed by atoms with van der Waals surface area (Å²) >= 11 is 0. The number of nitrogens with zero attached hydrogens (tertiary/aromatic N) is 1. The zero-order chi connectivity index (χ0) is 18.6. The summed E-state index contributed by atoms with van der Waals surface area (Å²) in [6.07, 6.45) is 1.06. The van der Waals surface area contributed by atoms with Crippen LogP contribution in [-0.2, 0) is 13.0 Å². The maximum atomic E-state index is 12.6. The van der Waals surface area contributed by atoms with E-state index in [1.807, 2.05) is 48.5 Å². The number of rotatable bonds is 4. The number of amides is 1. The minimum absolute atomic E-state index is 0.120. The molecule has 0 radical (unpaired) electrons. The van der Waals surface area contributed by atoms with Crippen LogP contribution in [0.15, 0.2) is 72.8 Å². The van der Waals surface area contributed by atoms with Crippen LogP contribution in [0.1, 0.15) is 21.5 Å². The van der Waals surface area contributed by atoms with Crippen LogP contribution in [0.3, 0.4) is 0 Å². The number of anilines is 1. The Bertz CT molecular complexity index is 936. The second-order valence-electron chi connectivity index (χ2n) is 6.86. The molecule has 4 heteroatoms. The van der Waals surface area contributed by atoms with Crippen LogP contribution < -0.4 is 10.1 Å². The van der Waals surface area contributed by atoms with E-state index in [2.05, 4.69) is 29.4 Å². The highest BCUT2D eigenvalue weighted by Crippen LogP contribution is 2.24. The standard InChI is InChI=1S/C23H22N2O2/c1-25-14-13-17-7-10-20(15-19(17)16-25)24-23(26)18-8-11-22(12-9-18)27-21-5-3-2-4-6-21/h2-12,15H,13-14,16H2,1H3,(H,24,26). The molecule has 3 aromatic carbocycles. The lowest BCUT2D eigenvalue weighted by atomic mass is 9.99. The molecule has 0 unspecified atom stereocenters. The molecule has 0 fully saturated rings. The van der Waals surface area contributed by atoms with E-state index in [1.165, 1.54) is 11.1 Å². The third-order valence-electron chi connectivity index (χ3n) is 4.76. The molecule has 4 nitrogen and oxygen atoms in total. The smallest absolute Gasteiger partial charge is 0.255 e. The minimum atomic E-state index is -0.120. The van der Waals surface area contributed by atoms with Crippen molar-refractivity contribution in [3.63, 3.8) is 0 Å². The predicted molar refractivity (Wildman–Crippen MR) is 107 cm³/mol. The van der Waals surface area contributed by atoms with Gasteiger partial charge in [-0.1, -0.05) is 24.3 Å². The van der Waals surface area contributed by atoms with Gasteiger partial charge in [0.1, 0.15) is 11.5 Å². The van der Waals surface area contributed by atoms with Gasteiger partial charge in [-0.25, -0.2) is 0 Å². The van der Waals surface area contributed by atoms with Crippen molar-refractivity contribution in [1.82, 2.24) is 4.90 Å². The molecular formula is C23H22N2O2. The SMILES string of the molecule is CN1CCc2ccc(NC(=O)c3ccc(Oc4ccccc4)cc3)cc2C1. The molecule has 1 N–H and O–H groups in total. The van der Waals surface area contributed by atoms with Gasteiger partial charge in [-0.3, -0.25) is 4.79 Å². The number of benzene rings is 3. The molecule has 1 aliphatic heterocycles. The van der Waals surface area contributed by atoms with Crippen LogP contribution in [0.25, 0.3) is 0 Å². The van der Waals surface area contributed by atoms with E-state index in [-0.39, 0.29) is 5.91 Å². The van der Waals surface area contributed by atoms with Crippen molar-refractivity contribution in [3.8, 4) is 11.5 Å². The average Bonchev–Trinajstić information content (AvgIpc) is 2.69. The van der Waals surface area contributed by atoms with Crippen LogP contribution in [0.4, 0.5) is 5.69 Å². The third kappa shape index (κ3) is 4.18. The average molecular weight is 358 g/mol. The van der Waals surface area contributed by atoms with Crippen molar-refractivity contribution in [1.29, 1.82) is 0 Å². The summed E-state index contributed by atoms with van der Waals surface area (Å²) in [5.41, 5.74) is 4.09. The number of hydrogen-bond acceptors (Lipinski definition) is 3. The van der Waals surface area contributed by atoms with Crippen molar-refractivity contribution < 1.29 is 9.53 Å². The lowest BCUT2D eigenvalue weighted by Crippen LogP contribution is -2.26. The normalized spacial score (nSPS) is 13.7. The molecule has 0 saturated carbocycles. The Morgan fingerprint density at radius 1 is 0.926 bits per heavy atom. The van der Waals surface area contributed by atoms with Gasteiger partial charge in [-0.15, -0.1) is 0 Å². The van der Waals surface area contributed by atoms with Crippen molar-refractivity contribution >= 4 is 11.6 Å². The summed E-state index contributed by atoms with van der Waals surface area (Å²) in [5.74, 6) is 1.36. The zero-order valence-electron chi connectivity index (χ0n) is 15.3. The van der Waals surface area contributed by atoms with Gasteiger partial charge in [0.05, 0.1) is 0 Å². The van der Waals surface area contributed by atoms with Gasteiger partial charge in [0, 0.05) is 24.3 Å². The fourth-order valence-corrected chi connectivity index (χ4v) is 3.28. The van der Waals surface area contributed by atoms with Crippen molar-refractivity contribution in [3.05, 3.63) is 89.5 Å². The highest BCUT2D eigenvalue weighted by molar-refractivity contribution is 6.04. The maximum Gasteiger partial charge on any atom is 0.255 e. The predicted octanol–water partition coefficient (Wildman–Crippen LogP) is 4.72. The first-order valence-corrected chi connectivity index (χ1v) is 9.12. The number of ether oxygens (including phenoxy) is 1. The third-order valence-corrected chi connectivity index (χ3v) is 4.76. The fraction of sp³-hybridized carbons (Fsp3) is 0.174. The van der Waals surface area contributed by atoms with Crippen LogP contribution in [0.5, 0.6) is 11.5 Å². The highest BCUT2D eigenvalue weighted by atomic mass is 16.5. The molecule has 1 amide bonds. The molecule has 0 bridgehead atoms. The van der Waals surface area contributed by atoms with Gasteiger partial charge >= 0.3 is 0 Å². The molecular weight excluding hydrogens is 336 g/mol. The fourth-order valence-electron chi connectivity index (χ4n) is 3.28. The quantitative estimate of drug-likeness (QED) is 0.734. The van der Waals surface area contributed by atoms with Gasteiger partial charge in [0.25, 0.3) is 5.91 Å². The second-order valence-corrected chi connectivity index (χ2v) is 6.86. The van der Waals surface area contributed by atoms with E-state index in [1.54, 1.807) is 12.1 Å². The molecule has 4 rings (SSSR count). The van der Waals surface area contributed by atoms with E-state index in [4.69, 9.17) is 4.74 Å². The molecule has 0 aliphatic carbocycles. The number of para-hydroxylation sites is 1. The van der Waals surface area contributed by atoms with E-state index in [9.17, 15) is 4.79 Å². The van der Waals surface area contributed by atoms with E-state index in [0.717, 1.165) is 30.9 Å². The highest BCUT2D eigenvalue weighted by Gasteiger charge is 2.14. The Kier molecular flexibility index (Phi) is 4.90. The van der Waals surface area contributed by atoms with E-state index < -0.39 is 0 Å². The summed E-state index contributed by atoms with van der Waals surface area (Å²) in [6, 6.07) is 22.9. The summed E-state index contributed by atoms with van der Waals surface area (Å²) in [4.78, 5) is 14.8. The van der Waals surface area contributed by atoms with Crippen LogP contribution in [-0.4, -0.2) is 24.4 Å². The van der Waals surface area contributed by atoms with Gasteiger partial charge < -0.3 is 15.0 Å². The number of fused-ring (bicyclic) bond motifs is 1. The second kappa shape index (κ2) is 7.64. The summed E-state index contributed by atoms with van der Waals surface area (Å²) in [6.45, 7) is 2.00. The Labute approximate surface area is 159 Å². The maximum absolute atomic E-state index is 12.6. The van der Waals surface area contributed by atoms with Gasteiger partial charge in [0.15, 0.2) is 0 Å². The number of hydrogen-bond donors (Lipinski definition) is 1. The molecule has 1 heterocycles. The topological polar surface area (TPSA) is 41.6 Å². The van der Waals surface area contributed by atoms with Crippen LogP contribution >= 0.6 is 0 Å². The van der Waals surface area contributed by atoms with Crippen molar-refractivity contribution in [2.45, 2.75) is 13.0 Å². The number of nitrogens with one attached hydrogen (secondary N) is 1. The molecule has 0 atom stereocenters. The first-order valence-electron chi connectivity index (χ1n) is 9.12. The summed E-state index contributed by atoms with van der Waals surface area (Å²) in [7, 11) is 2.12. The van der Waals surface area contributed by atoms with E-state index >= 15 is 0 Å². The monoisotopic (exact) mass is 358 g/mol. The Balaban J connectivity index is 1.43. The van der Waals surface area contributed by atoms with Crippen LogP contribution in [0.2, 0.25) is 0 Å². The molecule has 0 aromatic heterocycles. The Morgan fingerprint density at radius 3 is 2.44 bits per heavy atom. The van der Waals surface area contributed by atoms with E-state index in [0.29, 0.717) is 11.3 Å². The molecule has 1 aliphatic rings. The van der Waals surface area contributed by atoms with Crippen molar-refractivity contribution in [2.75, 3.05) is 18.9 Å². The number of carbonyl (C=O) groups is 1. The first kappa shape index (κ1) is 17.3. The van der Waals surface area contributed by atoms with Gasteiger partial charge in [0.2, 0.25) is 0 Å². The lowest BCUT2D eigenvalue weighted by molar-refractivity contribution is 0.102. The van der Waals surface area contributed by atoms with Gasteiger partial charge in [-0.05, 0) is 73.1 Å². The Hall–Kier alpha value is -3.11. The summed E-state index contributed by atoms with van der Waals surface area (Å²) < 4.78 is 5.77. The lowest BCUT2D eigenvalue weighted by Gasteiger charge is -2.25.